The smallest absolute Gasteiger partial charge is 0.289 e. The lowest BCUT2D eigenvalue weighted by molar-refractivity contribution is 0.0777. The van der Waals surface area contributed by atoms with Crippen LogP contribution in [-0.4, -0.2) is 33.4 Å². The Hall–Kier alpha value is -1.32. The van der Waals surface area contributed by atoms with Gasteiger partial charge in [-0.25, -0.2) is 4.98 Å². The monoisotopic (exact) mass is 179 g/mol. The van der Waals surface area contributed by atoms with Crippen molar-refractivity contribution in [3.05, 3.63) is 18.2 Å². The second-order valence-electron chi connectivity index (χ2n) is 3.36. The van der Waals surface area contributed by atoms with Gasteiger partial charge in [-0.15, -0.1) is 0 Å². The third-order valence-electron chi connectivity index (χ3n) is 2.41. The normalized spacial score (nSPS) is 16.5. The zero-order chi connectivity index (χ0) is 9.26. The van der Waals surface area contributed by atoms with Crippen LogP contribution >= 0.6 is 0 Å². The van der Waals surface area contributed by atoms with Crippen LogP contribution in [0.1, 0.15) is 23.5 Å². The number of imidazole rings is 1. The largest absolute Gasteiger partial charge is 0.336 e. The second kappa shape index (κ2) is 3.20. The Morgan fingerprint density at radius 3 is 2.69 bits per heavy atom. The van der Waals surface area contributed by atoms with Crippen LogP contribution in [-0.2, 0) is 7.05 Å². The predicted molar refractivity (Wildman–Crippen MR) is 48.3 cm³/mol. The molecule has 0 atom stereocenters. The molecule has 4 heteroatoms. The molecule has 0 spiro atoms. The molecule has 0 saturated carbocycles. The molecule has 1 aliphatic rings. The fourth-order valence-corrected chi connectivity index (χ4v) is 1.63. The molecule has 4 nitrogen and oxygen atoms in total. The lowest BCUT2D eigenvalue weighted by Gasteiger charge is -2.14. The number of hydrogen-bond acceptors (Lipinski definition) is 2. The first-order valence-electron chi connectivity index (χ1n) is 4.55. The van der Waals surface area contributed by atoms with Crippen molar-refractivity contribution in [1.29, 1.82) is 0 Å². The molecule has 2 rings (SSSR count). The van der Waals surface area contributed by atoms with E-state index in [1.807, 2.05) is 11.9 Å². The summed E-state index contributed by atoms with van der Waals surface area (Å²) >= 11 is 0. The summed E-state index contributed by atoms with van der Waals surface area (Å²) in [6, 6.07) is 0. The maximum Gasteiger partial charge on any atom is 0.289 e. The summed E-state index contributed by atoms with van der Waals surface area (Å²) in [5.74, 6) is 0.604. The highest BCUT2D eigenvalue weighted by Gasteiger charge is 2.21. The second-order valence-corrected chi connectivity index (χ2v) is 3.36. The number of amides is 1. The first-order chi connectivity index (χ1) is 6.29. The van der Waals surface area contributed by atoms with Crippen molar-refractivity contribution in [3.8, 4) is 0 Å². The van der Waals surface area contributed by atoms with Gasteiger partial charge in [0.15, 0.2) is 5.82 Å². The first kappa shape index (κ1) is 8.29. The molecule has 13 heavy (non-hydrogen) atoms. The van der Waals surface area contributed by atoms with Gasteiger partial charge in [0.05, 0.1) is 0 Å². The lowest BCUT2D eigenvalue weighted by Crippen LogP contribution is -2.29. The van der Waals surface area contributed by atoms with E-state index in [1.54, 1.807) is 17.0 Å². The summed E-state index contributed by atoms with van der Waals surface area (Å²) in [6.07, 6.45) is 5.69. The van der Waals surface area contributed by atoms with Crippen molar-refractivity contribution in [1.82, 2.24) is 14.5 Å². The average Bonchev–Trinajstić information content (AvgIpc) is 2.72. The van der Waals surface area contributed by atoms with Crippen LogP contribution < -0.4 is 0 Å². The first-order valence-corrected chi connectivity index (χ1v) is 4.55. The summed E-state index contributed by atoms with van der Waals surface area (Å²) in [5.41, 5.74) is 0. The van der Waals surface area contributed by atoms with E-state index < -0.39 is 0 Å². The molecule has 0 aliphatic carbocycles. The van der Waals surface area contributed by atoms with Crippen LogP contribution in [0.5, 0.6) is 0 Å². The molecule has 1 aromatic rings. The Kier molecular flexibility index (Phi) is 2.04. The number of carbonyl (C=O) groups is 1. The number of likely N-dealkylation sites (tertiary alicyclic amines) is 1. The van der Waals surface area contributed by atoms with Crippen LogP contribution in [0.25, 0.3) is 0 Å². The molecule has 0 bridgehead atoms. The number of nitrogens with zero attached hydrogens (tertiary/aromatic N) is 3. The third kappa shape index (κ3) is 1.43. The highest BCUT2D eigenvalue weighted by atomic mass is 16.2. The fourth-order valence-electron chi connectivity index (χ4n) is 1.63. The number of rotatable bonds is 1. The van der Waals surface area contributed by atoms with Gasteiger partial charge in [0.1, 0.15) is 0 Å². The summed E-state index contributed by atoms with van der Waals surface area (Å²) in [7, 11) is 1.84. The van der Waals surface area contributed by atoms with E-state index in [1.165, 1.54) is 0 Å². The Morgan fingerprint density at radius 2 is 2.15 bits per heavy atom. The van der Waals surface area contributed by atoms with Crippen molar-refractivity contribution in [2.24, 2.45) is 7.05 Å². The minimum atomic E-state index is 0.0602. The van der Waals surface area contributed by atoms with Crippen LogP contribution in [0.3, 0.4) is 0 Å². The van der Waals surface area contributed by atoms with Gasteiger partial charge < -0.3 is 9.47 Å². The van der Waals surface area contributed by atoms with Crippen molar-refractivity contribution >= 4 is 5.91 Å². The SMILES string of the molecule is Cn1ccnc1C(=O)N1CCCC1. The molecule has 2 heterocycles. The summed E-state index contributed by atoms with van der Waals surface area (Å²) in [4.78, 5) is 17.7. The van der Waals surface area contributed by atoms with Gasteiger partial charge in [-0.3, -0.25) is 4.79 Å². The lowest BCUT2D eigenvalue weighted by atomic mass is 10.4. The molecule has 0 unspecified atom stereocenters. The van der Waals surface area contributed by atoms with Gasteiger partial charge in [0.25, 0.3) is 5.91 Å². The summed E-state index contributed by atoms with van der Waals surface area (Å²) in [5, 5.41) is 0. The molecule has 70 valence electrons. The van der Waals surface area contributed by atoms with E-state index in [-0.39, 0.29) is 5.91 Å². The maximum atomic E-state index is 11.8. The molecule has 1 aliphatic heterocycles. The standard InChI is InChI=1S/C9H13N3O/c1-11-7-4-10-8(11)9(13)12-5-2-3-6-12/h4,7H,2-3,5-6H2,1H3. The van der Waals surface area contributed by atoms with Gasteiger partial charge in [0.2, 0.25) is 0 Å². The van der Waals surface area contributed by atoms with Crippen LogP contribution in [0.4, 0.5) is 0 Å². The molecular weight excluding hydrogens is 166 g/mol. The number of aryl methyl sites for hydroxylation is 1. The van der Waals surface area contributed by atoms with Gasteiger partial charge in [-0.1, -0.05) is 0 Å². The van der Waals surface area contributed by atoms with Crippen LogP contribution in [0.15, 0.2) is 12.4 Å². The molecule has 1 aromatic heterocycles. The Morgan fingerprint density at radius 1 is 1.46 bits per heavy atom. The number of aromatic nitrogens is 2. The molecular formula is C9H13N3O. The summed E-state index contributed by atoms with van der Waals surface area (Å²) < 4.78 is 1.76. The minimum absolute atomic E-state index is 0.0602. The third-order valence-corrected chi connectivity index (χ3v) is 2.41. The number of carbonyl (C=O) groups excluding carboxylic acids is 1. The van der Waals surface area contributed by atoms with Gasteiger partial charge in [0, 0.05) is 32.5 Å². The average molecular weight is 179 g/mol. The van der Waals surface area contributed by atoms with E-state index in [0.29, 0.717) is 5.82 Å². The van der Waals surface area contributed by atoms with Crippen molar-refractivity contribution in [2.45, 2.75) is 12.8 Å². The van der Waals surface area contributed by atoms with E-state index in [0.717, 1.165) is 25.9 Å². The minimum Gasteiger partial charge on any atom is -0.336 e. The van der Waals surface area contributed by atoms with Crippen molar-refractivity contribution in [3.63, 3.8) is 0 Å². The van der Waals surface area contributed by atoms with E-state index >= 15 is 0 Å². The van der Waals surface area contributed by atoms with Crippen molar-refractivity contribution in [2.75, 3.05) is 13.1 Å². The maximum absolute atomic E-state index is 11.8. The van der Waals surface area contributed by atoms with E-state index in [2.05, 4.69) is 4.98 Å². The highest BCUT2D eigenvalue weighted by molar-refractivity contribution is 5.90. The highest BCUT2D eigenvalue weighted by Crippen LogP contribution is 2.10. The Bertz CT molecular complexity index is 312. The summed E-state index contributed by atoms with van der Waals surface area (Å²) in [6.45, 7) is 1.76. The molecule has 1 amide bonds. The van der Waals surface area contributed by atoms with Crippen molar-refractivity contribution < 1.29 is 4.79 Å². The van der Waals surface area contributed by atoms with Gasteiger partial charge in [-0.05, 0) is 12.8 Å². The van der Waals surface area contributed by atoms with Gasteiger partial charge in [-0.2, -0.15) is 0 Å². The quantitative estimate of drug-likeness (QED) is 0.635. The Balaban J connectivity index is 2.17. The molecule has 1 fully saturated rings. The van der Waals surface area contributed by atoms with Crippen LogP contribution in [0, 0.1) is 0 Å². The molecule has 0 radical (unpaired) electrons. The predicted octanol–water partition coefficient (Wildman–Crippen LogP) is 0.656. The molecule has 0 aromatic carbocycles. The molecule has 1 saturated heterocycles. The fraction of sp³-hybridized carbons (Fsp3) is 0.556. The van der Waals surface area contributed by atoms with E-state index in [4.69, 9.17) is 0 Å². The number of hydrogen-bond donors (Lipinski definition) is 0. The Labute approximate surface area is 77.2 Å². The van der Waals surface area contributed by atoms with Crippen LogP contribution in [0.2, 0.25) is 0 Å². The van der Waals surface area contributed by atoms with E-state index in [9.17, 15) is 4.79 Å². The zero-order valence-electron chi connectivity index (χ0n) is 7.73. The molecule has 0 N–H and O–H groups in total. The van der Waals surface area contributed by atoms with Gasteiger partial charge >= 0.3 is 0 Å². The zero-order valence-corrected chi connectivity index (χ0v) is 7.73. The topological polar surface area (TPSA) is 38.1 Å².